The summed E-state index contributed by atoms with van der Waals surface area (Å²) in [6.07, 6.45) is -1.28. The Morgan fingerprint density at radius 1 is 0.582 bits per heavy atom. The zero-order valence-corrected chi connectivity index (χ0v) is 57.4. The van der Waals surface area contributed by atoms with Crippen LogP contribution >= 0.6 is 31.9 Å². The van der Waals surface area contributed by atoms with Crippen LogP contribution in [0.3, 0.4) is 0 Å². The molecule has 7 rings (SSSR count). The van der Waals surface area contributed by atoms with E-state index in [4.69, 9.17) is 59.3 Å². The number of phenolic OH excluding ortho intramolecular Hbond substituents is 1. The normalized spacial score (nSPS) is 15.6. The van der Waals surface area contributed by atoms with E-state index >= 15 is 0 Å². The Labute approximate surface area is 546 Å². The summed E-state index contributed by atoms with van der Waals surface area (Å²) in [6, 6.07) is 18.5. The number of carboxylic acid groups (broad SMARTS) is 3. The van der Waals surface area contributed by atoms with Gasteiger partial charge in [-0.1, -0.05) is 38.4 Å². The van der Waals surface area contributed by atoms with Gasteiger partial charge < -0.3 is 78.8 Å². The number of aliphatic carboxylic acids is 1. The molecule has 6 N–H and O–H groups in total. The largest absolute Gasteiger partial charge is 0.506 e. The van der Waals surface area contributed by atoms with Crippen LogP contribution in [0.2, 0.25) is 0 Å². The first-order valence-electron chi connectivity index (χ1n) is 28.0. The van der Waals surface area contributed by atoms with Crippen LogP contribution < -0.4 is 34.6 Å². The summed E-state index contributed by atoms with van der Waals surface area (Å²) in [6.45, 7) is 27.4. The Kier molecular flexibility index (Phi) is 29.3. The number of nitrogens with two attached hydrogens (primary N) is 1. The van der Waals surface area contributed by atoms with E-state index in [1.807, 2.05) is 70.3 Å². The molecule has 0 aliphatic carbocycles. The Morgan fingerprint density at radius 2 is 0.934 bits per heavy atom. The molecule has 0 bridgehead atoms. The third-order valence-electron chi connectivity index (χ3n) is 11.6. The van der Waals surface area contributed by atoms with Crippen LogP contribution in [0.1, 0.15) is 131 Å². The number of carboxylic acids is 3. The predicted octanol–water partition coefficient (Wildman–Crippen LogP) is 9.78. The molecular formula is C64H84Br2N4O21. The lowest BCUT2D eigenvalue weighted by molar-refractivity contribution is -0.164. The first-order chi connectivity index (χ1) is 41.8. The van der Waals surface area contributed by atoms with Gasteiger partial charge in [0.15, 0.2) is 5.78 Å². The second-order valence-corrected chi connectivity index (χ2v) is 26.0. The lowest BCUT2D eigenvalue weighted by atomic mass is 10.1. The Balaban J connectivity index is 0.000000382. The summed E-state index contributed by atoms with van der Waals surface area (Å²) < 4.78 is 41.6. The number of alkyl halides is 2. The van der Waals surface area contributed by atoms with Crippen molar-refractivity contribution in [3.63, 3.8) is 0 Å². The highest BCUT2D eigenvalue weighted by molar-refractivity contribution is 9.12. The van der Waals surface area contributed by atoms with Crippen LogP contribution in [0.25, 0.3) is 0 Å². The number of fused-ring (bicyclic) bond motifs is 3. The molecule has 0 aromatic heterocycles. The van der Waals surface area contributed by atoms with Crippen molar-refractivity contribution in [3.05, 3.63) is 108 Å². The van der Waals surface area contributed by atoms with Crippen LogP contribution in [0, 0.1) is 0 Å². The van der Waals surface area contributed by atoms with Gasteiger partial charge in [-0.3, -0.25) is 9.59 Å². The highest BCUT2D eigenvalue weighted by Crippen LogP contribution is 2.37. The Hall–Kier alpha value is -8.59. The average Bonchev–Trinajstić information content (AvgIpc) is 0.870. The highest BCUT2D eigenvalue weighted by atomic mass is 79.9. The number of nitrogens with zero attached hydrogens (tertiary/aromatic N) is 3. The standard InChI is InChI=1S/2C15H19NO5.C12H13NO4.C8H9NO3.C7H12Br2O2.C7H12O2/c2*1-15(2,3)21-14(19)12-8-16(4)10-6-5-9(13(17)18)7-11(10)20-12;1-7(14)8-3-4-9-10(5-8)17-11(12(15)16)6-13(9)2;1-12-8(11)5-2-3-6(9)7(10)4-5;1-7(2,3)11-6(10)5(9)4-8;1-5-6(8)9-7(2,3)4/h2*5-7,12H,8H2,1-4H3,(H,17,18);3-5,11H,6H2,1-2H3,(H,15,16);2-4,10H,9H2,1H3;5H,4H2,1-3H3;5H,1H2,2-4H3. The number of esters is 5. The van der Waals surface area contributed by atoms with Gasteiger partial charge in [0.05, 0.1) is 66.2 Å². The molecule has 500 valence electrons. The Morgan fingerprint density at radius 3 is 1.24 bits per heavy atom. The molecule has 91 heavy (non-hydrogen) atoms. The summed E-state index contributed by atoms with van der Waals surface area (Å²) in [5, 5.41) is 36.7. The average molecular weight is 1410 g/mol. The topological polar surface area (TPSA) is 344 Å². The number of halogens is 2. The molecule has 27 heteroatoms. The third kappa shape index (κ3) is 27.2. The molecule has 0 radical (unpaired) electrons. The number of likely N-dealkylation sites (N-methyl/N-ethyl adjacent to an activating group) is 3. The molecule has 4 atom stereocenters. The lowest BCUT2D eigenvalue weighted by Crippen LogP contribution is -2.45. The van der Waals surface area contributed by atoms with Gasteiger partial charge in [-0.15, -0.1) is 0 Å². The number of phenols is 1. The summed E-state index contributed by atoms with van der Waals surface area (Å²) in [7, 11) is 6.71. The van der Waals surface area contributed by atoms with Crippen molar-refractivity contribution < 1.29 is 101 Å². The van der Waals surface area contributed by atoms with E-state index in [1.54, 1.807) is 78.9 Å². The number of anilines is 4. The number of hydrogen-bond donors (Lipinski definition) is 5. The number of Topliss-reactive ketones (excluding diaryl/α,β-unsaturated/α-hetero) is 1. The molecule has 25 nitrogen and oxygen atoms in total. The molecule has 0 saturated carbocycles. The van der Waals surface area contributed by atoms with Crippen LogP contribution in [0.4, 0.5) is 22.7 Å². The van der Waals surface area contributed by atoms with Crippen molar-refractivity contribution in [1.82, 2.24) is 0 Å². The SMILES string of the molecule is C=CC(=O)OC(C)(C)C.CC(=O)c1ccc2c(c1)OC(C(=O)O)CN2C.CC(C)(C)OC(=O)C(Br)CBr.CN1CC(C(=O)OC(C)(C)C)Oc2cc(C(=O)O)ccc21.CN1CC(C(=O)OC(C)(C)C)Oc2cc(C(=O)O)ccc21.COC(=O)c1ccc(N)c(O)c1. The minimum absolute atomic E-state index is 0.0727. The van der Waals surface area contributed by atoms with Gasteiger partial charge in [-0.2, -0.15) is 0 Å². The summed E-state index contributed by atoms with van der Waals surface area (Å²) >= 11 is 6.35. The number of aromatic hydroxyl groups is 1. The molecule has 4 unspecified atom stereocenters. The van der Waals surface area contributed by atoms with Crippen molar-refractivity contribution in [3.8, 4) is 23.0 Å². The quantitative estimate of drug-likeness (QED) is 0.0187. The molecule has 0 fully saturated rings. The number of carbonyl (C=O) groups excluding carboxylic acids is 6. The smallest absolute Gasteiger partial charge is 0.349 e. The lowest BCUT2D eigenvalue weighted by Gasteiger charge is -2.34. The van der Waals surface area contributed by atoms with Crippen LogP contribution in [0.5, 0.6) is 23.0 Å². The number of carbonyl (C=O) groups is 9. The molecule has 0 saturated heterocycles. The van der Waals surface area contributed by atoms with E-state index in [2.05, 4.69) is 43.2 Å². The first-order valence-corrected chi connectivity index (χ1v) is 30.0. The third-order valence-corrected chi connectivity index (χ3v) is 13.8. The molecule has 3 aliphatic heterocycles. The summed E-state index contributed by atoms with van der Waals surface area (Å²) in [5.41, 5.74) is 6.91. The minimum atomic E-state index is -1.04. The molecule has 4 aromatic rings. The monoisotopic (exact) mass is 1400 g/mol. The van der Waals surface area contributed by atoms with Gasteiger partial charge in [0, 0.05) is 38.1 Å². The van der Waals surface area contributed by atoms with Gasteiger partial charge >= 0.3 is 47.8 Å². The number of ketones is 1. The van der Waals surface area contributed by atoms with E-state index in [9.17, 15) is 43.2 Å². The zero-order valence-electron chi connectivity index (χ0n) is 54.3. The van der Waals surface area contributed by atoms with Gasteiger partial charge in [-0.25, -0.2) is 33.6 Å². The molecule has 0 spiro atoms. The second kappa shape index (κ2) is 34.0. The minimum Gasteiger partial charge on any atom is -0.506 e. The van der Waals surface area contributed by atoms with Crippen molar-refractivity contribution in [1.29, 1.82) is 0 Å². The molecule has 0 amide bonds. The number of ether oxygens (including phenoxy) is 8. The maximum absolute atomic E-state index is 12.1. The highest BCUT2D eigenvalue weighted by Gasteiger charge is 2.35. The number of nitrogen functional groups attached to an aromatic ring is 1. The molecule has 3 aliphatic rings. The fourth-order valence-corrected chi connectivity index (χ4v) is 7.90. The van der Waals surface area contributed by atoms with E-state index < -0.39 is 76.5 Å². The molecule has 3 heterocycles. The predicted molar refractivity (Wildman–Crippen MR) is 348 cm³/mol. The van der Waals surface area contributed by atoms with Gasteiger partial charge in [0.1, 0.15) is 50.2 Å². The summed E-state index contributed by atoms with van der Waals surface area (Å²) in [4.78, 5) is 106. The molecular weight excluding hydrogens is 1320 g/mol. The second-order valence-electron chi connectivity index (χ2n) is 24.2. The van der Waals surface area contributed by atoms with Gasteiger partial charge in [0.25, 0.3) is 0 Å². The van der Waals surface area contributed by atoms with Crippen LogP contribution in [-0.2, 0) is 47.7 Å². The number of rotatable bonds is 10. The van der Waals surface area contributed by atoms with Crippen molar-refractivity contribution >= 4 is 108 Å². The zero-order chi connectivity index (χ0) is 69.8. The number of methoxy groups -OCH3 is 1. The molecule has 4 aromatic carbocycles. The Bertz CT molecular complexity index is 3150. The summed E-state index contributed by atoms with van der Waals surface area (Å²) in [5.74, 6) is -4.08. The first kappa shape index (κ1) is 78.5. The number of benzene rings is 4. The van der Waals surface area contributed by atoms with Crippen LogP contribution in [-0.4, -0.2) is 173 Å². The fraction of sp³-hybridized carbons (Fsp3) is 0.453. The van der Waals surface area contributed by atoms with E-state index in [0.29, 0.717) is 47.8 Å². The van der Waals surface area contributed by atoms with Crippen molar-refractivity contribution in [2.24, 2.45) is 0 Å². The number of aromatic carboxylic acids is 2. The maximum atomic E-state index is 12.1. The fourth-order valence-electron chi connectivity index (χ4n) is 7.54. The maximum Gasteiger partial charge on any atom is 0.349 e. The van der Waals surface area contributed by atoms with Gasteiger partial charge in [-0.05, 0) is 163 Å². The van der Waals surface area contributed by atoms with E-state index in [-0.39, 0.29) is 50.7 Å². The van der Waals surface area contributed by atoms with E-state index in [0.717, 1.165) is 23.1 Å². The van der Waals surface area contributed by atoms with E-state index in [1.165, 1.54) is 56.5 Å². The van der Waals surface area contributed by atoms with Crippen molar-refractivity contribution in [2.45, 2.75) is 136 Å². The van der Waals surface area contributed by atoms with Gasteiger partial charge in [0.2, 0.25) is 18.3 Å². The number of hydrogen-bond acceptors (Lipinski definition) is 22. The van der Waals surface area contributed by atoms with Crippen LogP contribution in [0.15, 0.2) is 85.5 Å². The van der Waals surface area contributed by atoms with Crippen molar-refractivity contribution in [2.75, 3.05) is 73.7 Å².